The van der Waals surface area contributed by atoms with E-state index < -0.39 is 5.97 Å². The summed E-state index contributed by atoms with van der Waals surface area (Å²) in [5.41, 5.74) is 10.7. The smallest absolute Gasteiger partial charge is 0.340 e. The Morgan fingerprint density at radius 2 is 2.04 bits per heavy atom. The number of ether oxygens (including phenoxy) is 1. The van der Waals surface area contributed by atoms with Gasteiger partial charge in [0.15, 0.2) is 0 Å². The maximum atomic E-state index is 12.4. The average molecular weight is 308 g/mol. The minimum Gasteiger partial charge on any atom is -0.462 e. The van der Waals surface area contributed by atoms with Crippen molar-refractivity contribution in [3.8, 4) is 0 Å². The molecule has 0 saturated heterocycles. The zero-order chi connectivity index (χ0) is 16.4. The first-order valence-corrected chi connectivity index (χ1v) is 7.36. The maximum Gasteiger partial charge on any atom is 0.340 e. The van der Waals surface area contributed by atoms with Crippen LogP contribution in [0.2, 0.25) is 0 Å². The van der Waals surface area contributed by atoms with Gasteiger partial charge >= 0.3 is 5.97 Å². The number of fused-ring (bicyclic) bond motifs is 3. The largest absolute Gasteiger partial charge is 0.462 e. The zero-order valence-corrected chi connectivity index (χ0v) is 13.0. The minimum absolute atomic E-state index is 0.101. The van der Waals surface area contributed by atoms with E-state index in [1.807, 2.05) is 48.0 Å². The highest BCUT2D eigenvalue weighted by Gasteiger charge is 2.22. The third-order valence-corrected chi connectivity index (χ3v) is 3.96. The van der Waals surface area contributed by atoms with Gasteiger partial charge in [-0.25, -0.2) is 4.79 Å². The molecular weight excluding hydrogens is 292 g/mol. The lowest BCUT2D eigenvalue weighted by Gasteiger charge is -2.05. The lowest BCUT2D eigenvalue weighted by molar-refractivity contribution is 0.0527. The van der Waals surface area contributed by atoms with Gasteiger partial charge in [-0.2, -0.15) is 0 Å². The van der Waals surface area contributed by atoms with Crippen molar-refractivity contribution < 1.29 is 9.53 Å². The molecule has 0 fully saturated rings. The van der Waals surface area contributed by atoms with Crippen molar-refractivity contribution in [3.63, 3.8) is 0 Å². The van der Waals surface area contributed by atoms with E-state index in [0.29, 0.717) is 17.9 Å². The molecule has 0 saturated carbocycles. The molecule has 6 nitrogen and oxygen atoms in total. The molecule has 116 valence electrons. The molecule has 2 aromatic carbocycles. The molecule has 0 radical (unpaired) electrons. The van der Waals surface area contributed by atoms with Gasteiger partial charge in [0.25, 0.3) is 0 Å². The summed E-state index contributed by atoms with van der Waals surface area (Å²) in [6.45, 7) is 2.17. The summed E-state index contributed by atoms with van der Waals surface area (Å²) in [5, 5.41) is 6.58. The molecule has 1 heterocycles. The fraction of sp³-hybridized carbons (Fsp3) is 0.235. The lowest BCUT2D eigenvalue weighted by Crippen LogP contribution is -2.08. The summed E-state index contributed by atoms with van der Waals surface area (Å²) in [6.07, 6.45) is 0. The summed E-state index contributed by atoms with van der Waals surface area (Å²) in [5.74, 6) is -0.392. The number of benzene rings is 2. The van der Waals surface area contributed by atoms with Crippen LogP contribution in [0.1, 0.15) is 23.0 Å². The predicted molar refractivity (Wildman–Crippen MR) is 89.2 cm³/mol. The van der Waals surface area contributed by atoms with Gasteiger partial charge < -0.3 is 9.30 Å². The van der Waals surface area contributed by atoms with Crippen molar-refractivity contribution in [2.24, 2.45) is 12.2 Å². The lowest BCUT2D eigenvalue weighted by atomic mass is 10.0. The van der Waals surface area contributed by atoms with Gasteiger partial charge in [-0.1, -0.05) is 41.5 Å². The molecule has 0 unspecified atom stereocenters. The van der Waals surface area contributed by atoms with E-state index in [1.54, 1.807) is 6.92 Å². The molecule has 0 aliphatic rings. The summed E-state index contributed by atoms with van der Waals surface area (Å²) < 4.78 is 7.11. The normalized spacial score (nSPS) is 10.7. The SMILES string of the molecule is CCOC(=O)c1c(CN=[N+]=[N-])n(C)c2c1ccc1ccccc12. The van der Waals surface area contributed by atoms with E-state index in [4.69, 9.17) is 10.3 Å². The van der Waals surface area contributed by atoms with Crippen LogP contribution in [-0.4, -0.2) is 17.1 Å². The molecule has 1 aromatic heterocycles. The van der Waals surface area contributed by atoms with Crippen LogP contribution >= 0.6 is 0 Å². The second kappa shape index (κ2) is 6.02. The van der Waals surface area contributed by atoms with Crippen LogP contribution in [0.3, 0.4) is 0 Å². The first kappa shape index (κ1) is 14.9. The van der Waals surface area contributed by atoms with Crippen molar-refractivity contribution in [1.29, 1.82) is 0 Å². The molecule has 3 rings (SSSR count). The van der Waals surface area contributed by atoms with Crippen LogP contribution in [0, 0.1) is 0 Å². The maximum absolute atomic E-state index is 12.4. The second-order valence-electron chi connectivity index (χ2n) is 5.17. The number of hydrogen-bond donors (Lipinski definition) is 0. The summed E-state index contributed by atoms with van der Waals surface area (Å²) in [7, 11) is 1.87. The third kappa shape index (κ3) is 2.39. The molecule has 0 aliphatic heterocycles. The van der Waals surface area contributed by atoms with Gasteiger partial charge in [0.1, 0.15) is 0 Å². The number of carbonyl (C=O) groups excluding carboxylic acids is 1. The van der Waals surface area contributed by atoms with Gasteiger partial charge in [-0.3, -0.25) is 0 Å². The summed E-state index contributed by atoms with van der Waals surface area (Å²) in [4.78, 5) is 15.2. The monoisotopic (exact) mass is 308 g/mol. The average Bonchev–Trinajstić information content (AvgIpc) is 2.85. The van der Waals surface area contributed by atoms with Crippen molar-refractivity contribution in [2.45, 2.75) is 13.5 Å². The standard InChI is InChI=1S/C17H16N4O2/c1-3-23-17(22)15-13-9-8-11-6-4-5-7-12(11)16(13)21(2)14(15)10-19-20-18/h4-9H,3,10H2,1-2H3. The van der Waals surface area contributed by atoms with Crippen molar-refractivity contribution in [3.05, 3.63) is 58.1 Å². The van der Waals surface area contributed by atoms with Crippen molar-refractivity contribution in [1.82, 2.24) is 4.57 Å². The van der Waals surface area contributed by atoms with E-state index in [2.05, 4.69) is 10.0 Å². The number of rotatable bonds is 4. The van der Waals surface area contributed by atoms with Crippen LogP contribution in [0.25, 0.3) is 32.1 Å². The number of nitrogens with zero attached hydrogens (tertiary/aromatic N) is 4. The molecule has 6 heteroatoms. The predicted octanol–water partition coefficient (Wildman–Crippen LogP) is 4.32. The molecule has 0 spiro atoms. The second-order valence-corrected chi connectivity index (χ2v) is 5.17. The third-order valence-electron chi connectivity index (χ3n) is 3.96. The Kier molecular flexibility index (Phi) is 3.91. The van der Waals surface area contributed by atoms with Gasteiger partial charge in [0.05, 0.1) is 24.2 Å². The molecule has 0 N–H and O–H groups in total. The Morgan fingerprint density at radius 3 is 2.78 bits per heavy atom. The Hall–Kier alpha value is -2.98. The van der Waals surface area contributed by atoms with Gasteiger partial charge in [-0.15, -0.1) is 0 Å². The fourth-order valence-corrected chi connectivity index (χ4v) is 2.99. The molecule has 3 aromatic rings. The van der Waals surface area contributed by atoms with Crippen molar-refractivity contribution in [2.75, 3.05) is 6.61 Å². The minimum atomic E-state index is -0.392. The molecule has 0 atom stereocenters. The van der Waals surface area contributed by atoms with E-state index in [9.17, 15) is 4.79 Å². The number of aromatic nitrogens is 1. The van der Waals surface area contributed by atoms with Crippen LogP contribution in [-0.2, 0) is 18.3 Å². The topological polar surface area (TPSA) is 80.0 Å². The van der Waals surface area contributed by atoms with E-state index in [-0.39, 0.29) is 6.54 Å². The van der Waals surface area contributed by atoms with E-state index >= 15 is 0 Å². The van der Waals surface area contributed by atoms with Crippen LogP contribution in [0.4, 0.5) is 0 Å². The van der Waals surface area contributed by atoms with Crippen LogP contribution < -0.4 is 0 Å². The number of hydrogen-bond acceptors (Lipinski definition) is 3. The van der Waals surface area contributed by atoms with E-state index in [0.717, 1.165) is 21.7 Å². The number of azide groups is 1. The fourth-order valence-electron chi connectivity index (χ4n) is 2.99. The zero-order valence-electron chi connectivity index (χ0n) is 13.0. The number of aryl methyl sites for hydroxylation is 1. The van der Waals surface area contributed by atoms with E-state index in [1.165, 1.54) is 0 Å². The van der Waals surface area contributed by atoms with Crippen LogP contribution in [0.15, 0.2) is 41.5 Å². The first-order chi connectivity index (χ1) is 11.2. The highest BCUT2D eigenvalue weighted by molar-refractivity contribution is 6.14. The highest BCUT2D eigenvalue weighted by Crippen LogP contribution is 2.32. The number of esters is 1. The highest BCUT2D eigenvalue weighted by atomic mass is 16.5. The first-order valence-electron chi connectivity index (χ1n) is 7.36. The molecule has 0 aliphatic carbocycles. The molecule has 23 heavy (non-hydrogen) atoms. The Labute approximate surface area is 132 Å². The number of carbonyl (C=O) groups is 1. The quantitative estimate of drug-likeness (QED) is 0.311. The summed E-state index contributed by atoms with van der Waals surface area (Å²) >= 11 is 0. The Balaban J connectivity index is 2.40. The molecular formula is C17H16N4O2. The molecule has 0 bridgehead atoms. The van der Waals surface area contributed by atoms with Crippen LogP contribution in [0.5, 0.6) is 0 Å². The van der Waals surface area contributed by atoms with Gasteiger partial charge in [-0.05, 0) is 17.8 Å². The van der Waals surface area contributed by atoms with Crippen molar-refractivity contribution >= 4 is 27.6 Å². The molecule has 0 amide bonds. The van der Waals surface area contributed by atoms with Gasteiger partial charge in [0.2, 0.25) is 0 Å². The Morgan fingerprint density at radius 1 is 1.26 bits per heavy atom. The van der Waals surface area contributed by atoms with Gasteiger partial charge in [0, 0.05) is 28.4 Å². The summed E-state index contributed by atoms with van der Waals surface area (Å²) in [6, 6.07) is 11.9. The Bertz CT molecular complexity index is 952.